The molecular weight excluding hydrogens is 485 g/mol. The largest absolute Gasteiger partial charge is 0.488 e. The summed E-state index contributed by atoms with van der Waals surface area (Å²) in [6.45, 7) is 10.2. The molecule has 2 N–H and O–H groups in total. The van der Waals surface area contributed by atoms with Crippen molar-refractivity contribution < 1.29 is 9.47 Å². The quantitative estimate of drug-likeness (QED) is 0.334. The van der Waals surface area contributed by atoms with Crippen LogP contribution in [0.2, 0.25) is 0 Å². The molecule has 24 heavy (non-hydrogen) atoms. The van der Waals surface area contributed by atoms with Crippen molar-refractivity contribution >= 4 is 45.9 Å². The number of nitrogens with zero attached hydrogens (tertiary/aromatic N) is 1. The second-order valence-corrected chi connectivity index (χ2v) is 7.09. The first kappa shape index (κ1) is 21.5. The summed E-state index contributed by atoms with van der Waals surface area (Å²) in [5.74, 6) is 1.67. The molecule has 0 aliphatic carbocycles. The van der Waals surface area contributed by atoms with Crippen LogP contribution in [0.1, 0.15) is 20.8 Å². The molecule has 0 amide bonds. The van der Waals surface area contributed by atoms with Gasteiger partial charge in [-0.05, 0) is 41.9 Å². The third-order valence-corrected chi connectivity index (χ3v) is 4.24. The van der Waals surface area contributed by atoms with Crippen LogP contribution in [0.25, 0.3) is 0 Å². The van der Waals surface area contributed by atoms with Gasteiger partial charge in [-0.1, -0.05) is 19.1 Å². The average molecular weight is 512 g/mol. The number of ether oxygens (including phenoxy) is 2. The molecule has 1 heterocycles. The third-order valence-electron chi connectivity index (χ3n) is 3.59. The zero-order valence-electron chi connectivity index (χ0n) is 14.5. The van der Waals surface area contributed by atoms with E-state index in [4.69, 9.17) is 9.47 Å². The van der Waals surface area contributed by atoms with Crippen LogP contribution < -0.4 is 15.4 Å². The van der Waals surface area contributed by atoms with E-state index in [1.54, 1.807) is 0 Å². The molecule has 2 rings (SSSR count). The predicted molar refractivity (Wildman–Crippen MR) is 113 cm³/mol. The number of para-hydroxylation sites is 1. The molecule has 0 spiro atoms. The zero-order valence-corrected chi connectivity index (χ0v) is 18.4. The van der Waals surface area contributed by atoms with E-state index in [-0.39, 0.29) is 35.5 Å². The minimum absolute atomic E-state index is 0. The third kappa shape index (κ3) is 6.76. The molecule has 5 nitrogen and oxygen atoms in total. The second-order valence-electron chi connectivity index (χ2n) is 6.24. The van der Waals surface area contributed by atoms with Crippen LogP contribution in [0.3, 0.4) is 0 Å². The molecule has 7 heteroatoms. The van der Waals surface area contributed by atoms with Crippen LogP contribution in [-0.2, 0) is 4.74 Å². The van der Waals surface area contributed by atoms with Crippen molar-refractivity contribution in [3.05, 3.63) is 28.7 Å². The highest BCUT2D eigenvalue weighted by Crippen LogP contribution is 2.26. The van der Waals surface area contributed by atoms with Crippen molar-refractivity contribution in [3.63, 3.8) is 0 Å². The van der Waals surface area contributed by atoms with Crippen LogP contribution >= 0.6 is 39.9 Å². The maximum absolute atomic E-state index is 5.94. The summed E-state index contributed by atoms with van der Waals surface area (Å²) in [6.07, 6.45) is 0.0279. The van der Waals surface area contributed by atoms with Crippen molar-refractivity contribution in [3.8, 4) is 5.75 Å². The highest BCUT2D eigenvalue weighted by molar-refractivity contribution is 14.0. The smallest absolute Gasteiger partial charge is 0.191 e. The topological polar surface area (TPSA) is 54.9 Å². The summed E-state index contributed by atoms with van der Waals surface area (Å²) >= 11 is 3.50. The van der Waals surface area contributed by atoms with Gasteiger partial charge in [0, 0.05) is 12.0 Å². The van der Waals surface area contributed by atoms with Gasteiger partial charge in [0.2, 0.25) is 0 Å². The second kappa shape index (κ2) is 10.5. The molecular formula is C17H27BrIN3O2. The van der Waals surface area contributed by atoms with Crippen molar-refractivity contribution in [1.82, 2.24) is 10.6 Å². The zero-order chi connectivity index (χ0) is 16.7. The summed E-state index contributed by atoms with van der Waals surface area (Å²) in [5.41, 5.74) is 0.180. The highest BCUT2D eigenvalue weighted by Gasteiger charge is 2.33. The molecule has 0 aromatic heterocycles. The van der Waals surface area contributed by atoms with E-state index < -0.39 is 0 Å². The fraction of sp³-hybridized carbons (Fsp3) is 0.588. The molecule has 0 saturated carbocycles. The Balaban J connectivity index is 0.00000288. The molecule has 1 unspecified atom stereocenters. The minimum Gasteiger partial charge on any atom is -0.488 e. The van der Waals surface area contributed by atoms with Gasteiger partial charge in [-0.25, -0.2) is 0 Å². The number of rotatable bonds is 7. The molecule has 1 saturated heterocycles. The van der Waals surface area contributed by atoms with Crippen LogP contribution in [0.15, 0.2) is 33.7 Å². The van der Waals surface area contributed by atoms with E-state index in [0.717, 1.165) is 42.5 Å². The lowest BCUT2D eigenvalue weighted by Gasteiger charge is -2.36. The van der Waals surface area contributed by atoms with Crippen molar-refractivity contribution in [2.75, 3.05) is 32.8 Å². The van der Waals surface area contributed by atoms with Crippen LogP contribution in [0, 0.1) is 5.41 Å². The summed E-state index contributed by atoms with van der Waals surface area (Å²) < 4.78 is 12.2. The summed E-state index contributed by atoms with van der Waals surface area (Å²) in [4.78, 5) is 4.65. The van der Waals surface area contributed by atoms with Gasteiger partial charge in [0.15, 0.2) is 5.96 Å². The number of benzene rings is 1. The molecule has 1 aromatic carbocycles. The van der Waals surface area contributed by atoms with E-state index in [1.807, 2.05) is 31.2 Å². The fourth-order valence-electron chi connectivity index (χ4n) is 2.19. The summed E-state index contributed by atoms with van der Waals surface area (Å²) in [7, 11) is 0. The van der Waals surface area contributed by atoms with Gasteiger partial charge in [0.25, 0.3) is 0 Å². The standard InChI is InChI=1S/C17H26BrN3O2.HI/c1-4-19-16(21-10-17(3)11-22-12-17)20-9-13(2)23-15-8-6-5-7-14(15)18;/h5-8,13H,4,9-12H2,1-3H3,(H2,19,20,21);1H. The summed E-state index contributed by atoms with van der Waals surface area (Å²) in [6, 6.07) is 7.87. The van der Waals surface area contributed by atoms with Gasteiger partial charge in [-0.2, -0.15) is 0 Å². The number of hydrogen-bond acceptors (Lipinski definition) is 3. The average Bonchev–Trinajstić information content (AvgIpc) is 2.50. The Hall–Kier alpha value is -0.540. The number of guanidine groups is 1. The van der Waals surface area contributed by atoms with Gasteiger partial charge >= 0.3 is 0 Å². The molecule has 136 valence electrons. The molecule has 0 bridgehead atoms. The van der Waals surface area contributed by atoms with Gasteiger partial charge in [0.05, 0.1) is 30.8 Å². The SMILES string of the molecule is CCNC(=NCC1(C)COC1)NCC(C)Oc1ccccc1Br.I. The number of nitrogens with one attached hydrogen (secondary N) is 2. The maximum Gasteiger partial charge on any atom is 0.191 e. The van der Waals surface area contributed by atoms with Gasteiger partial charge in [-0.3, -0.25) is 4.99 Å². The Labute approximate surface area is 170 Å². The van der Waals surface area contributed by atoms with Crippen molar-refractivity contribution in [2.45, 2.75) is 26.9 Å². The molecule has 1 aromatic rings. The van der Waals surface area contributed by atoms with Crippen LogP contribution in [0.4, 0.5) is 0 Å². The number of halogens is 2. The highest BCUT2D eigenvalue weighted by atomic mass is 127. The Morgan fingerprint density at radius 2 is 2.08 bits per heavy atom. The number of aliphatic imine (C=N–C) groups is 1. The van der Waals surface area contributed by atoms with Crippen molar-refractivity contribution in [1.29, 1.82) is 0 Å². The summed E-state index contributed by atoms with van der Waals surface area (Å²) in [5, 5.41) is 6.61. The Morgan fingerprint density at radius 1 is 1.38 bits per heavy atom. The van der Waals surface area contributed by atoms with Crippen molar-refractivity contribution in [2.24, 2.45) is 10.4 Å². The Kier molecular flexibility index (Phi) is 9.36. The molecule has 1 aliphatic heterocycles. The maximum atomic E-state index is 5.94. The normalized spacial score (nSPS) is 17.2. The molecule has 1 atom stereocenters. The first-order valence-electron chi connectivity index (χ1n) is 8.03. The first-order valence-corrected chi connectivity index (χ1v) is 8.83. The van der Waals surface area contributed by atoms with Gasteiger partial charge in [-0.15, -0.1) is 24.0 Å². The van der Waals surface area contributed by atoms with Crippen LogP contribution in [0.5, 0.6) is 5.75 Å². The van der Waals surface area contributed by atoms with Crippen LogP contribution in [-0.4, -0.2) is 44.9 Å². The van der Waals surface area contributed by atoms with E-state index in [9.17, 15) is 0 Å². The lowest BCUT2D eigenvalue weighted by Crippen LogP contribution is -2.45. The van der Waals surface area contributed by atoms with E-state index in [2.05, 4.69) is 45.4 Å². The Bertz CT molecular complexity index is 538. The monoisotopic (exact) mass is 511 g/mol. The Morgan fingerprint density at radius 3 is 2.67 bits per heavy atom. The predicted octanol–water partition coefficient (Wildman–Crippen LogP) is 3.43. The molecule has 1 fully saturated rings. The van der Waals surface area contributed by atoms with E-state index in [1.165, 1.54) is 0 Å². The van der Waals surface area contributed by atoms with Gasteiger partial charge in [0.1, 0.15) is 11.9 Å². The first-order chi connectivity index (χ1) is 11.0. The minimum atomic E-state index is 0. The molecule has 1 aliphatic rings. The lowest BCUT2D eigenvalue weighted by molar-refractivity contribution is -0.0945. The van der Waals surface area contributed by atoms with E-state index in [0.29, 0.717) is 6.54 Å². The number of hydrogen-bond donors (Lipinski definition) is 2. The lowest BCUT2D eigenvalue weighted by atomic mass is 9.89. The van der Waals surface area contributed by atoms with Gasteiger partial charge < -0.3 is 20.1 Å². The molecule has 0 radical (unpaired) electrons. The van der Waals surface area contributed by atoms with E-state index >= 15 is 0 Å². The fourth-order valence-corrected chi connectivity index (χ4v) is 2.57.